The number of ether oxygens (including phenoxy) is 1. The zero-order valence-corrected chi connectivity index (χ0v) is 21.7. The molecule has 0 bridgehead atoms. The molecule has 36 heavy (non-hydrogen) atoms. The van der Waals surface area contributed by atoms with Gasteiger partial charge in [-0.05, 0) is 40.5 Å². The van der Waals surface area contributed by atoms with E-state index in [1.54, 1.807) is 12.4 Å². The molecule has 12 heteroatoms. The lowest BCUT2D eigenvalue weighted by Gasteiger charge is -2.27. The van der Waals surface area contributed by atoms with Gasteiger partial charge < -0.3 is 15.0 Å². The first-order chi connectivity index (χ1) is 17.6. The minimum Gasteiger partial charge on any atom is -0.378 e. The number of aromatic amines is 1. The first-order valence-electron chi connectivity index (χ1n) is 11.3. The normalized spacial score (nSPS) is 13.8. The standard InChI is InChI=1S/C24H23BrClN9O/c1-15-11-18(25)20(12-19(15)26)29-22-30-23(32-24(31-22)35-7-9-36-10-8-35)34-28-14-17-13-27-33-21(17)16-5-3-2-4-6-16/h2-6,11-14H,7-10H2,1H3,(H,27,33)(H2,29,30,31,32,34)/b28-14+. The third-order valence-corrected chi connectivity index (χ3v) is 6.57. The highest BCUT2D eigenvalue weighted by Crippen LogP contribution is 2.31. The van der Waals surface area contributed by atoms with Gasteiger partial charge in [0.2, 0.25) is 17.8 Å². The molecule has 0 unspecified atom stereocenters. The highest BCUT2D eigenvalue weighted by Gasteiger charge is 2.17. The van der Waals surface area contributed by atoms with Crippen LogP contribution in [-0.2, 0) is 4.74 Å². The predicted octanol–water partition coefficient (Wildman–Crippen LogP) is 5.01. The van der Waals surface area contributed by atoms with Crippen LogP contribution in [0.2, 0.25) is 5.02 Å². The zero-order valence-electron chi connectivity index (χ0n) is 19.4. The fourth-order valence-corrected chi connectivity index (χ4v) is 4.35. The summed E-state index contributed by atoms with van der Waals surface area (Å²) in [5, 5.41) is 15.4. The molecule has 2 aromatic heterocycles. The maximum absolute atomic E-state index is 6.34. The third-order valence-electron chi connectivity index (χ3n) is 5.51. The Labute approximate surface area is 221 Å². The van der Waals surface area contributed by atoms with Crippen LogP contribution in [-0.4, -0.2) is 57.7 Å². The second kappa shape index (κ2) is 11.0. The van der Waals surface area contributed by atoms with Crippen LogP contribution in [0.1, 0.15) is 11.1 Å². The van der Waals surface area contributed by atoms with Crippen LogP contribution in [0.5, 0.6) is 0 Å². The van der Waals surface area contributed by atoms with E-state index >= 15 is 0 Å². The molecule has 0 aliphatic carbocycles. The first kappa shape index (κ1) is 24.2. The van der Waals surface area contributed by atoms with Gasteiger partial charge in [-0.25, -0.2) is 5.43 Å². The highest BCUT2D eigenvalue weighted by atomic mass is 79.9. The molecule has 1 fully saturated rings. The van der Waals surface area contributed by atoms with Crippen LogP contribution >= 0.6 is 27.5 Å². The van der Waals surface area contributed by atoms with Gasteiger partial charge in [0.05, 0.1) is 37.0 Å². The molecule has 3 heterocycles. The van der Waals surface area contributed by atoms with E-state index in [9.17, 15) is 0 Å². The summed E-state index contributed by atoms with van der Waals surface area (Å²) >= 11 is 9.91. The van der Waals surface area contributed by atoms with Gasteiger partial charge in [0.15, 0.2) is 0 Å². The van der Waals surface area contributed by atoms with Gasteiger partial charge in [-0.3, -0.25) is 5.10 Å². The van der Waals surface area contributed by atoms with Gasteiger partial charge in [-0.15, -0.1) is 0 Å². The number of hydrogen-bond donors (Lipinski definition) is 3. The number of benzene rings is 2. The summed E-state index contributed by atoms with van der Waals surface area (Å²) in [5.74, 6) is 1.18. The fraction of sp³-hybridized carbons (Fsp3) is 0.208. The smallest absolute Gasteiger partial charge is 0.250 e. The minimum absolute atomic E-state index is 0.296. The summed E-state index contributed by atoms with van der Waals surface area (Å²) in [4.78, 5) is 15.8. The average Bonchev–Trinajstić information content (AvgIpc) is 3.37. The molecule has 0 saturated carbocycles. The molecule has 10 nitrogen and oxygen atoms in total. The molecule has 3 N–H and O–H groups in total. The molecule has 0 radical (unpaired) electrons. The number of aryl methyl sites for hydroxylation is 1. The number of aromatic nitrogens is 5. The topological polar surface area (TPSA) is 116 Å². The van der Waals surface area contributed by atoms with Crippen molar-refractivity contribution in [3.63, 3.8) is 0 Å². The Morgan fingerprint density at radius 3 is 2.69 bits per heavy atom. The van der Waals surface area contributed by atoms with E-state index < -0.39 is 0 Å². The van der Waals surface area contributed by atoms with E-state index in [0.717, 1.165) is 32.5 Å². The van der Waals surface area contributed by atoms with Crippen LogP contribution < -0.4 is 15.6 Å². The van der Waals surface area contributed by atoms with Crippen LogP contribution in [0.15, 0.2) is 58.2 Å². The number of halogens is 2. The lowest BCUT2D eigenvalue weighted by Crippen LogP contribution is -2.37. The van der Waals surface area contributed by atoms with Crippen molar-refractivity contribution in [2.75, 3.05) is 41.9 Å². The van der Waals surface area contributed by atoms with Gasteiger partial charge in [0.25, 0.3) is 0 Å². The van der Waals surface area contributed by atoms with Gasteiger partial charge in [-0.2, -0.15) is 25.2 Å². The number of H-pyrrole nitrogens is 1. The molecule has 4 aromatic rings. The minimum atomic E-state index is 0.296. The largest absolute Gasteiger partial charge is 0.378 e. The number of nitrogens with zero attached hydrogens (tertiary/aromatic N) is 6. The van der Waals surface area contributed by atoms with Crippen molar-refractivity contribution < 1.29 is 4.74 Å². The molecule has 5 rings (SSSR count). The van der Waals surface area contributed by atoms with Crippen molar-refractivity contribution >= 4 is 57.3 Å². The maximum atomic E-state index is 6.34. The Hall–Kier alpha value is -3.54. The van der Waals surface area contributed by atoms with Crippen molar-refractivity contribution in [3.05, 3.63) is 69.3 Å². The summed E-state index contributed by atoms with van der Waals surface area (Å²) in [6.07, 6.45) is 3.39. The van der Waals surface area contributed by atoms with Crippen molar-refractivity contribution in [2.45, 2.75) is 6.92 Å². The second-order valence-corrected chi connectivity index (χ2v) is 9.29. The summed E-state index contributed by atoms with van der Waals surface area (Å²) in [6, 6.07) is 13.7. The molecule has 0 spiro atoms. The molecule has 184 valence electrons. The number of anilines is 4. The Kier molecular flexibility index (Phi) is 7.40. The van der Waals surface area contributed by atoms with Gasteiger partial charge in [0, 0.05) is 33.7 Å². The number of morpholine rings is 1. The highest BCUT2D eigenvalue weighted by molar-refractivity contribution is 9.10. The quantitative estimate of drug-likeness (QED) is 0.210. The molecule has 2 aromatic carbocycles. The first-order valence-corrected chi connectivity index (χ1v) is 12.4. The molecule has 1 saturated heterocycles. The fourth-order valence-electron chi connectivity index (χ4n) is 3.63. The lowest BCUT2D eigenvalue weighted by atomic mass is 10.1. The Balaban J connectivity index is 1.41. The van der Waals surface area contributed by atoms with Crippen LogP contribution in [0.4, 0.5) is 23.5 Å². The van der Waals surface area contributed by atoms with E-state index in [-0.39, 0.29) is 0 Å². The summed E-state index contributed by atoms with van der Waals surface area (Å²) in [5.41, 5.74) is 7.35. The Morgan fingerprint density at radius 1 is 1.11 bits per heavy atom. The summed E-state index contributed by atoms with van der Waals surface area (Å²) in [7, 11) is 0. The van der Waals surface area contributed by atoms with Crippen LogP contribution in [0, 0.1) is 6.92 Å². The van der Waals surface area contributed by atoms with Gasteiger partial charge in [-0.1, -0.05) is 41.9 Å². The van der Waals surface area contributed by atoms with Crippen LogP contribution in [0.3, 0.4) is 0 Å². The summed E-state index contributed by atoms with van der Waals surface area (Å²) in [6.45, 7) is 4.53. The predicted molar refractivity (Wildman–Crippen MR) is 145 cm³/mol. The lowest BCUT2D eigenvalue weighted by molar-refractivity contribution is 0.122. The van der Waals surface area contributed by atoms with E-state index in [1.165, 1.54) is 0 Å². The SMILES string of the molecule is Cc1cc(Br)c(Nc2nc(N/N=C/c3cn[nH]c3-c3ccccc3)nc(N3CCOCC3)n2)cc1Cl. The third kappa shape index (κ3) is 5.64. The zero-order chi connectivity index (χ0) is 24.9. The van der Waals surface area contributed by atoms with Gasteiger partial charge in [0.1, 0.15) is 0 Å². The monoisotopic (exact) mass is 567 g/mol. The van der Waals surface area contributed by atoms with E-state index in [0.29, 0.717) is 49.2 Å². The van der Waals surface area contributed by atoms with E-state index in [2.05, 4.69) is 56.9 Å². The maximum Gasteiger partial charge on any atom is 0.250 e. The number of rotatable bonds is 7. The van der Waals surface area contributed by atoms with Crippen molar-refractivity contribution in [1.29, 1.82) is 0 Å². The van der Waals surface area contributed by atoms with Crippen molar-refractivity contribution in [1.82, 2.24) is 25.1 Å². The molecule has 1 aliphatic rings. The molecule has 0 atom stereocenters. The molecule has 1 aliphatic heterocycles. The molecule has 0 amide bonds. The second-order valence-electron chi connectivity index (χ2n) is 8.02. The van der Waals surface area contributed by atoms with Crippen LogP contribution in [0.25, 0.3) is 11.3 Å². The molecular weight excluding hydrogens is 546 g/mol. The number of hydrazone groups is 1. The molecular formula is C24H23BrClN9O. The number of nitrogens with one attached hydrogen (secondary N) is 3. The van der Waals surface area contributed by atoms with E-state index in [1.807, 2.05) is 54.3 Å². The van der Waals surface area contributed by atoms with Crippen molar-refractivity contribution in [3.8, 4) is 11.3 Å². The summed E-state index contributed by atoms with van der Waals surface area (Å²) < 4.78 is 6.32. The van der Waals surface area contributed by atoms with Crippen molar-refractivity contribution in [2.24, 2.45) is 5.10 Å². The van der Waals surface area contributed by atoms with E-state index in [4.69, 9.17) is 16.3 Å². The Morgan fingerprint density at radius 2 is 1.89 bits per heavy atom. The average molecular weight is 569 g/mol. The van der Waals surface area contributed by atoms with Gasteiger partial charge >= 0.3 is 0 Å². The Bertz CT molecular complexity index is 1370. The number of hydrogen-bond acceptors (Lipinski definition) is 9.